The maximum Gasteiger partial charge on any atom is 0.236 e. The number of ether oxygens (including phenoxy) is 2. The molecule has 0 N–H and O–H groups in total. The number of amides is 1. The van der Waals surface area contributed by atoms with Gasteiger partial charge in [0.25, 0.3) is 0 Å². The molecule has 0 bridgehead atoms. The van der Waals surface area contributed by atoms with Crippen LogP contribution in [0.1, 0.15) is 53.4 Å². The van der Waals surface area contributed by atoms with Gasteiger partial charge in [0.1, 0.15) is 11.5 Å². The topological polar surface area (TPSA) is 42.0 Å². The van der Waals surface area contributed by atoms with Crippen molar-refractivity contribution in [3.8, 4) is 0 Å². The van der Waals surface area contributed by atoms with E-state index < -0.39 is 5.41 Å². The lowest BCUT2D eigenvalue weighted by atomic mass is 9.64. The zero-order chi connectivity index (χ0) is 21.8. The SMILES string of the molecule is COC1=CC2(C=C(OC)C1(CC(C)C)CC(C)C)CCN(CCCN(C)C)C2=O. The second-order valence-electron chi connectivity index (χ2n) is 9.94. The Labute approximate surface area is 178 Å². The van der Waals surface area contributed by atoms with Gasteiger partial charge in [0.15, 0.2) is 0 Å². The minimum Gasteiger partial charge on any atom is -0.500 e. The van der Waals surface area contributed by atoms with Crippen molar-refractivity contribution in [2.24, 2.45) is 22.7 Å². The molecule has 1 aliphatic carbocycles. The Bertz CT molecular complexity index is 600. The van der Waals surface area contributed by atoms with E-state index in [1.54, 1.807) is 14.2 Å². The molecule has 2 rings (SSSR count). The third-order valence-corrected chi connectivity index (χ3v) is 6.19. The lowest BCUT2D eigenvalue weighted by molar-refractivity contribution is -0.132. The molecule has 1 spiro atoms. The van der Waals surface area contributed by atoms with Gasteiger partial charge in [-0.05, 0) is 70.3 Å². The van der Waals surface area contributed by atoms with Gasteiger partial charge in [0.2, 0.25) is 5.91 Å². The predicted octanol–water partition coefficient (Wildman–Crippen LogP) is 4.31. The Kier molecular flexibility index (Phi) is 7.83. The molecule has 2 aliphatic rings. The second-order valence-corrected chi connectivity index (χ2v) is 9.94. The van der Waals surface area contributed by atoms with Crippen molar-refractivity contribution in [2.45, 2.75) is 53.4 Å². The molecule has 1 amide bonds. The van der Waals surface area contributed by atoms with Crippen LogP contribution in [0.5, 0.6) is 0 Å². The third-order valence-electron chi connectivity index (χ3n) is 6.19. The summed E-state index contributed by atoms with van der Waals surface area (Å²) in [4.78, 5) is 17.6. The Hall–Kier alpha value is -1.49. The molecule has 0 unspecified atom stereocenters. The van der Waals surface area contributed by atoms with Crippen LogP contribution in [0.2, 0.25) is 0 Å². The summed E-state index contributed by atoms with van der Waals surface area (Å²) < 4.78 is 12.0. The van der Waals surface area contributed by atoms with Gasteiger partial charge in [0, 0.05) is 13.1 Å². The molecule has 1 heterocycles. The number of likely N-dealkylation sites (tertiary alicyclic amines) is 1. The molecule has 0 atom stereocenters. The maximum atomic E-state index is 13.4. The normalized spacial score (nSPS) is 20.7. The van der Waals surface area contributed by atoms with E-state index in [4.69, 9.17) is 9.47 Å². The summed E-state index contributed by atoms with van der Waals surface area (Å²) in [6, 6.07) is 0. The van der Waals surface area contributed by atoms with Gasteiger partial charge in [-0.2, -0.15) is 0 Å². The minimum absolute atomic E-state index is 0.183. The summed E-state index contributed by atoms with van der Waals surface area (Å²) in [6.45, 7) is 11.5. The highest BCUT2D eigenvalue weighted by Gasteiger charge is 2.53. The third kappa shape index (κ3) is 4.99. The fraction of sp³-hybridized carbons (Fsp3) is 0.792. The second kappa shape index (κ2) is 9.55. The van der Waals surface area contributed by atoms with Gasteiger partial charge in [-0.15, -0.1) is 0 Å². The van der Waals surface area contributed by atoms with E-state index in [0.29, 0.717) is 11.8 Å². The van der Waals surface area contributed by atoms with Crippen LogP contribution in [0.3, 0.4) is 0 Å². The van der Waals surface area contributed by atoms with Crippen molar-refractivity contribution in [2.75, 3.05) is 47.9 Å². The van der Waals surface area contributed by atoms with Crippen LogP contribution in [-0.2, 0) is 14.3 Å². The molecule has 0 aromatic heterocycles. The van der Waals surface area contributed by atoms with Gasteiger partial charge in [-0.25, -0.2) is 0 Å². The van der Waals surface area contributed by atoms with Crippen molar-refractivity contribution in [3.05, 3.63) is 23.7 Å². The van der Waals surface area contributed by atoms with E-state index in [-0.39, 0.29) is 11.3 Å². The lowest BCUT2D eigenvalue weighted by Crippen LogP contribution is -2.41. The first-order valence-corrected chi connectivity index (χ1v) is 11.1. The summed E-state index contributed by atoms with van der Waals surface area (Å²) in [6.07, 6.45) is 7.90. The summed E-state index contributed by atoms with van der Waals surface area (Å²) in [5.74, 6) is 2.97. The first-order valence-electron chi connectivity index (χ1n) is 11.1. The quantitative estimate of drug-likeness (QED) is 0.542. The number of methoxy groups -OCH3 is 2. The average Bonchev–Trinajstić information content (AvgIpc) is 2.91. The highest BCUT2D eigenvalue weighted by atomic mass is 16.5. The van der Waals surface area contributed by atoms with E-state index in [9.17, 15) is 4.79 Å². The number of carbonyl (C=O) groups is 1. The lowest BCUT2D eigenvalue weighted by Gasteiger charge is -2.43. The van der Waals surface area contributed by atoms with E-state index in [0.717, 1.165) is 56.8 Å². The average molecular weight is 407 g/mol. The summed E-state index contributed by atoms with van der Waals surface area (Å²) in [5, 5.41) is 0. The molecule has 5 heteroatoms. The molecular weight excluding hydrogens is 364 g/mol. The van der Waals surface area contributed by atoms with Gasteiger partial charge in [-0.3, -0.25) is 4.79 Å². The van der Waals surface area contributed by atoms with E-state index in [2.05, 4.69) is 58.8 Å². The van der Waals surface area contributed by atoms with Crippen molar-refractivity contribution in [3.63, 3.8) is 0 Å². The summed E-state index contributed by atoms with van der Waals surface area (Å²) >= 11 is 0. The molecule has 0 aromatic rings. The van der Waals surface area contributed by atoms with Crippen LogP contribution in [0, 0.1) is 22.7 Å². The maximum absolute atomic E-state index is 13.4. The first kappa shape index (κ1) is 23.8. The number of rotatable bonds is 10. The molecule has 0 radical (unpaired) electrons. The van der Waals surface area contributed by atoms with E-state index in [1.165, 1.54) is 0 Å². The summed E-state index contributed by atoms with van der Waals surface area (Å²) in [5.41, 5.74) is -0.929. The van der Waals surface area contributed by atoms with Gasteiger partial charge in [-0.1, -0.05) is 27.7 Å². The van der Waals surface area contributed by atoms with Crippen LogP contribution in [-0.4, -0.2) is 63.7 Å². The molecule has 1 aliphatic heterocycles. The van der Waals surface area contributed by atoms with Gasteiger partial charge < -0.3 is 19.3 Å². The molecule has 5 nitrogen and oxygen atoms in total. The van der Waals surface area contributed by atoms with Crippen LogP contribution in [0.25, 0.3) is 0 Å². The van der Waals surface area contributed by atoms with Crippen LogP contribution < -0.4 is 0 Å². The number of carbonyl (C=O) groups excluding carboxylic acids is 1. The zero-order valence-electron chi connectivity index (χ0n) is 19.9. The van der Waals surface area contributed by atoms with Gasteiger partial charge >= 0.3 is 0 Å². The molecule has 1 saturated heterocycles. The Morgan fingerprint density at radius 3 is 1.97 bits per heavy atom. The monoisotopic (exact) mass is 406 g/mol. The first-order chi connectivity index (χ1) is 13.6. The summed E-state index contributed by atoms with van der Waals surface area (Å²) in [7, 11) is 7.61. The molecule has 0 saturated carbocycles. The minimum atomic E-state index is -0.633. The molecule has 166 valence electrons. The standard InChI is InChI=1S/C24H42N2O3/c1-18(2)14-24(15-19(3)4)20(28-7)16-23(17-21(24)29-8)10-13-26(22(23)27)12-9-11-25(5)6/h16-19H,9-15H2,1-8H3. The Morgan fingerprint density at radius 1 is 1.03 bits per heavy atom. The predicted molar refractivity (Wildman–Crippen MR) is 118 cm³/mol. The largest absolute Gasteiger partial charge is 0.500 e. The fourth-order valence-corrected chi connectivity index (χ4v) is 5.18. The zero-order valence-corrected chi connectivity index (χ0v) is 19.9. The van der Waals surface area contributed by atoms with Gasteiger partial charge in [0.05, 0.1) is 25.0 Å². The highest BCUT2D eigenvalue weighted by Crippen LogP contribution is 2.54. The fourth-order valence-electron chi connectivity index (χ4n) is 5.18. The highest BCUT2D eigenvalue weighted by molar-refractivity contribution is 5.89. The van der Waals surface area contributed by atoms with E-state index >= 15 is 0 Å². The Morgan fingerprint density at radius 2 is 1.55 bits per heavy atom. The molecule has 29 heavy (non-hydrogen) atoms. The molecule has 1 fully saturated rings. The number of hydrogen-bond donors (Lipinski definition) is 0. The molecule has 0 aromatic carbocycles. The number of nitrogens with zero attached hydrogens (tertiary/aromatic N) is 2. The van der Waals surface area contributed by atoms with E-state index in [1.807, 2.05) is 4.90 Å². The smallest absolute Gasteiger partial charge is 0.236 e. The van der Waals surface area contributed by atoms with Crippen molar-refractivity contribution < 1.29 is 14.3 Å². The van der Waals surface area contributed by atoms with Crippen molar-refractivity contribution in [1.82, 2.24) is 9.80 Å². The Balaban J connectivity index is 2.39. The van der Waals surface area contributed by atoms with Crippen molar-refractivity contribution >= 4 is 5.91 Å². The van der Waals surface area contributed by atoms with Crippen LogP contribution in [0.4, 0.5) is 0 Å². The van der Waals surface area contributed by atoms with Crippen molar-refractivity contribution in [1.29, 1.82) is 0 Å². The number of hydrogen-bond acceptors (Lipinski definition) is 4. The molecular formula is C24H42N2O3. The van der Waals surface area contributed by atoms with Crippen LogP contribution >= 0.6 is 0 Å². The van der Waals surface area contributed by atoms with Crippen LogP contribution in [0.15, 0.2) is 23.7 Å².